The molecule has 0 saturated heterocycles. The van der Waals surface area contributed by atoms with E-state index in [4.69, 9.17) is 34.8 Å². The van der Waals surface area contributed by atoms with E-state index in [0.29, 0.717) is 21.0 Å². The molecule has 0 radical (unpaired) electrons. The second kappa shape index (κ2) is 5.28. The van der Waals surface area contributed by atoms with E-state index in [9.17, 15) is 0 Å². The van der Waals surface area contributed by atoms with Crippen LogP contribution in [-0.4, -0.2) is 9.97 Å². The van der Waals surface area contributed by atoms with Crippen molar-refractivity contribution in [2.24, 2.45) is 0 Å². The van der Waals surface area contributed by atoms with Gasteiger partial charge in [0.15, 0.2) is 5.82 Å². The van der Waals surface area contributed by atoms with Crippen molar-refractivity contribution in [3.63, 3.8) is 0 Å². The van der Waals surface area contributed by atoms with Gasteiger partial charge in [-0.15, -0.1) is 0 Å². The summed E-state index contributed by atoms with van der Waals surface area (Å²) in [6.45, 7) is 0. The summed E-state index contributed by atoms with van der Waals surface area (Å²) in [6, 6.07) is 5.29. The van der Waals surface area contributed by atoms with E-state index in [0.717, 1.165) is 42.5 Å². The molecule has 0 fully saturated rings. The van der Waals surface area contributed by atoms with Crippen molar-refractivity contribution in [2.45, 2.75) is 25.7 Å². The molecular weight excluding hydrogens is 303 g/mol. The van der Waals surface area contributed by atoms with Crippen LogP contribution in [0.2, 0.25) is 15.2 Å². The van der Waals surface area contributed by atoms with E-state index in [1.807, 2.05) is 6.07 Å². The highest BCUT2D eigenvalue weighted by atomic mass is 35.5. The number of aromatic nitrogens is 2. The summed E-state index contributed by atoms with van der Waals surface area (Å²) in [6.07, 6.45) is 4.21. The van der Waals surface area contributed by atoms with Crippen molar-refractivity contribution in [2.75, 3.05) is 0 Å². The largest absolute Gasteiger partial charge is 0.233 e. The van der Waals surface area contributed by atoms with Crippen molar-refractivity contribution in [3.05, 3.63) is 44.7 Å². The summed E-state index contributed by atoms with van der Waals surface area (Å²) in [4.78, 5) is 8.99. The molecule has 0 saturated carbocycles. The average Bonchev–Trinajstić information content (AvgIpc) is 2.38. The first-order chi connectivity index (χ1) is 9.15. The topological polar surface area (TPSA) is 25.8 Å². The third-order valence-electron chi connectivity index (χ3n) is 3.30. The van der Waals surface area contributed by atoms with Crippen LogP contribution in [0.4, 0.5) is 0 Å². The van der Waals surface area contributed by atoms with Gasteiger partial charge in [-0.05, 0) is 43.9 Å². The number of rotatable bonds is 1. The van der Waals surface area contributed by atoms with Gasteiger partial charge in [-0.3, -0.25) is 0 Å². The summed E-state index contributed by atoms with van der Waals surface area (Å²) in [5.74, 6) is 0.576. The molecule has 0 spiro atoms. The van der Waals surface area contributed by atoms with E-state index < -0.39 is 0 Å². The Bertz CT molecular complexity index is 641. The van der Waals surface area contributed by atoms with Crippen LogP contribution in [-0.2, 0) is 12.8 Å². The van der Waals surface area contributed by atoms with Crippen molar-refractivity contribution < 1.29 is 0 Å². The van der Waals surface area contributed by atoms with E-state index >= 15 is 0 Å². The summed E-state index contributed by atoms with van der Waals surface area (Å²) < 4.78 is 0. The molecule has 19 heavy (non-hydrogen) atoms. The van der Waals surface area contributed by atoms with Crippen molar-refractivity contribution >= 4 is 34.8 Å². The fourth-order valence-corrected chi connectivity index (χ4v) is 3.12. The molecule has 98 valence electrons. The fraction of sp³-hybridized carbons (Fsp3) is 0.286. The minimum Gasteiger partial charge on any atom is -0.233 e. The lowest BCUT2D eigenvalue weighted by atomic mass is 9.97. The van der Waals surface area contributed by atoms with E-state index in [1.54, 1.807) is 12.1 Å². The molecule has 2 aromatic rings. The normalized spacial score (nSPS) is 14.3. The SMILES string of the molecule is Clc1ccc(-c2nc(Cl)c3c(n2)CCCC3)c(Cl)c1. The van der Waals surface area contributed by atoms with Crippen LogP contribution in [0.25, 0.3) is 11.4 Å². The van der Waals surface area contributed by atoms with Crippen LogP contribution >= 0.6 is 34.8 Å². The van der Waals surface area contributed by atoms with Gasteiger partial charge in [0, 0.05) is 21.8 Å². The van der Waals surface area contributed by atoms with Crippen molar-refractivity contribution in [1.29, 1.82) is 0 Å². The molecule has 3 rings (SSSR count). The van der Waals surface area contributed by atoms with Crippen molar-refractivity contribution in [3.8, 4) is 11.4 Å². The van der Waals surface area contributed by atoms with Crippen LogP contribution in [0.3, 0.4) is 0 Å². The Labute approximate surface area is 126 Å². The van der Waals surface area contributed by atoms with Crippen LogP contribution in [0.1, 0.15) is 24.1 Å². The van der Waals surface area contributed by atoms with E-state index in [1.165, 1.54) is 0 Å². The van der Waals surface area contributed by atoms with Gasteiger partial charge in [-0.1, -0.05) is 34.8 Å². The highest BCUT2D eigenvalue weighted by Gasteiger charge is 2.18. The summed E-state index contributed by atoms with van der Waals surface area (Å²) in [7, 11) is 0. The maximum Gasteiger partial charge on any atom is 0.162 e. The Balaban J connectivity index is 2.13. The molecule has 1 aromatic carbocycles. The highest BCUT2D eigenvalue weighted by molar-refractivity contribution is 6.36. The summed E-state index contributed by atoms with van der Waals surface area (Å²) in [5, 5.41) is 1.68. The first-order valence-electron chi connectivity index (χ1n) is 6.16. The smallest absolute Gasteiger partial charge is 0.162 e. The molecular formula is C14H11Cl3N2. The third kappa shape index (κ3) is 2.58. The Morgan fingerprint density at radius 2 is 1.74 bits per heavy atom. The number of fused-ring (bicyclic) bond motifs is 1. The monoisotopic (exact) mass is 312 g/mol. The molecule has 5 heteroatoms. The van der Waals surface area contributed by atoms with Gasteiger partial charge >= 0.3 is 0 Å². The number of benzene rings is 1. The maximum absolute atomic E-state index is 6.26. The predicted octanol–water partition coefficient (Wildman–Crippen LogP) is 4.98. The van der Waals surface area contributed by atoms with Crippen molar-refractivity contribution in [1.82, 2.24) is 9.97 Å². The lowest BCUT2D eigenvalue weighted by Crippen LogP contribution is -2.08. The van der Waals surface area contributed by atoms with Gasteiger partial charge < -0.3 is 0 Å². The molecule has 1 aromatic heterocycles. The lowest BCUT2D eigenvalue weighted by Gasteiger charge is -2.16. The minimum atomic E-state index is 0.541. The average molecular weight is 314 g/mol. The zero-order valence-corrected chi connectivity index (χ0v) is 12.4. The van der Waals surface area contributed by atoms with Gasteiger partial charge in [-0.2, -0.15) is 0 Å². The minimum absolute atomic E-state index is 0.541. The van der Waals surface area contributed by atoms with Gasteiger partial charge in [0.25, 0.3) is 0 Å². The van der Waals surface area contributed by atoms with Crippen LogP contribution < -0.4 is 0 Å². The number of hydrogen-bond donors (Lipinski definition) is 0. The van der Waals surface area contributed by atoms with Gasteiger partial charge in [-0.25, -0.2) is 9.97 Å². The number of halogens is 3. The molecule has 0 N–H and O–H groups in total. The Morgan fingerprint density at radius 1 is 0.947 bits per heavy atom. The Kier molecular flexibility index (Phi) is 3.66. The summed E-state index contributed by atoms with van der Waals surface area (Å²) >= 11 is 18.4. The molecule has 1 heterocycles. The molecule has 1 aliphatic rings. The maximum atomic E-state index is 6.26. The first kappa shape index (κ1) is 13.2. The lowest BCUT2D eigenvalue weighted by molar-refractivity contribution is 0.663. The molecule has 0 bridgehead atoms. The molecule has 0 aliphatic heterocycles. The van der Waals surface area contributed by atoms with Gasteiger partial charge in [0.2, 0.25) is 0 Å². The Hall–Kier alpha value is -0.830. The van der Waals surface area contributed by atoms with Crippen LogP contribution in [0, 0.1) is 0 Å². The molecule has 0 amide bonds. The third-order valence-corrected chi connectivity index (χ3v) is 4.17. The number of aryl methyl sites for hydroxylation is 1. The zero-order chi connectivity index (χ0) is 13.4. The highest BCUT2D eigenvalue weighted by Crippen LogP contribution is 2.32. The summed E-state index contributed by atoms with van der Waals surface area (Å²) in [5.41, 5.74) is 2.90. The fourth-order valence-electron chi connectivity index (χ4n) is 2.34. The first-order valence-corrected chi connectivity index (χ1v) is 7.29. The molecule has 0 atom stereocenters. The molecule has 2 nitrogen and oxygen atoms in total. The van der Waals surface area contributed by atoms with E-state index in [2.05, 4.69) is 9.97 Å². The van der Waals surface area contributed by atoms with Gasteiger partial charge in [0.05, 0.1) is 5.02 Å². The standard InChI is InChI=1S/C14H11Cl3N2/c15-8-5-6-9(11(16)7-8)14-18-12-4-2-1-3-10(12)13(17)19-14/h5-7H,1-4H2. The second-order valence-corrected chi connectivity index (χ2v) is 5.80. The predicted molar refractivity (Wildman–Crippen MR) is 79.1 cm³/mol. The molecule has 1 aliphatic carbocycles. The second-order valence-electron chi connectivity index (χ2n) is 4.59. The zero-order valence-electron chi connectivity index (χ0n) is 10.1. The van der Waals surface area contributed by atoms with Crippen LogP contribution in [0.5, 0.6) is 0 Å². The Morgan fingerprint density at radius 3 is 2.53 bits per heavy atom. The van der Waals surface area contributed by atoms with Gasteiger partial charge in [0.1, 0.15) is 5.15 Å². The molecule has 0 unspecified atom stereocenters. The van der Waals surface area contributed by atoms with Crippen LogP contribution in [0.15, 0.2) is 18.2 Å². The number of nitrogens with zero attached hydrogens (tertiary/aromatic N) is 2. The quantitative estimate of drug-likeness (QED) is 0.694. The van der Waals surface area contributed by atoms with E-state index in [-0.39, 0.29) is 0 Å². The number of hydrogen-bond acceptors (Lipinski definition) is 2.